The molecule has 0 bridgehead atoms. The molecular weight excluding hydrogens is 528 g/mol. The first-order chi connectivity index (χ1) is 21.0. The Kier molecular flexibility index (Phi) is 4.88. The summed E-state index contributed by atoms with van der Waals surface area (Å²) in [4.78, 5) is 0. The van der Waals surface area contributed by atoms with Crippen molar-refractivity contribution in [2.45, 2.75) is 25.0 Å². The van der Waals surface area contributed by atoms with Crippen LogP contribution >= 0.6 is 0 Å². The summed E-state index contributed by atoms with van der Waals surface area (Å²) in [5.41, 5.74) is 10.5. The van der Waals surface area contributed by atoms with E-state index in [1.165, 1.54) is 16.7 Å². The zero-order valence-electron chi connectivity index (χ0n) is 23.9. The maximum absolute atomic E-state index is 7.05. The predicted molar refractivity (Wildman–Crippen MR) is 172 cm³/mol. The SMILES string of the molecule is CC1(C)c2cc(-c3cccc4c3oc3ccccc34)ccc2-c2ccc3c(c21)OC(c1ccccc1)(c1ccccc1)O3. The van der Waals surface area contributed by atoms with Gasteiger partial charge in [-0.25, -0.2) is 0 Å². The first kappa shape index (κ1) is 24.3. The van der Waals surface area contributed by atoms with Crippen LogP contribution in [0.5, 0.6) is 11.5 Å². The minimum atomic E-state index is -1.06. The Bertz CT molecular complexity index is 2170. The maximum Gasteiger partial charge on any atom is 0.305 e. The summed E-state index contributed by atoms with van der Waals surface area (Å²) in [6.45, 7) is 4.58. The van der Waals surface area contributed by atoms with Gasteiger partial charge in [-0.15, -0.1) is 0 Å². The third-order valence-electron chi connectivity index (χ3n) is 9.25. The van der Waals surface area contributed by atoms with E-state index in [4.69, 9.17) is 13.9 Å². The van der Waals surface area contributed by atoms with E-state index >= 15 is 0 Å². The Balaban J connectivity index is 1.20. The molecule has 0 radical (unpaired) electrons. The number of hydrogen-bond acceptors (Lipinski definition) is 3. The second-order valence-corrected chi connectivity index (χ2v) is 12.0. The Morgan fingerprint density at radius 2 is 1.21 bits per heavy atom. The van der Waals surface area contributed by atoms with Gasteiger partial charge in [0.2, 0.25) is 0 Å². The summed E-state index contributed by atoms with van der Waals surface area (Å²) in [7, 11) is 0. The zero-order chi connectivity index (χ0) is 28.8. The zero-order valence-corrected chi connectivity index (χ0v) is 23.9. The molecule has 0 unspecified atom stereocenters. The predicted octanol–water partition coefficient (Wildman–Crippen LogP) is 10.2. The van der Waals surface area contributed by atoms with E-state index in [9.17, 15) is 0 Å². The van der Waals surface area contributed by atoms with Crippen LogP contribution in [0.1, 0.15) is 36.1 Å². The minimum absolute atomic E-state index is 0.319. The van der Waals surface area contributed by atoms with Crippen molar-refractivity contribution < 1.29 is 13.9 Å². The van der Waals surface area contributed by atoms with Crippen molar-refractivity contribution in [1.29, 1.82) is 0 Å². The average Bonchev–Trinajstić information content (AvgIpc) is 3.70. The van der Waals surface area contributed by atoms with Crippen LogP contribution in [0.2, 0.25) is 0 Å². The van der Waals surface area contributed by atoms with Gasteiger partial charge in [-0.1, -0.05) is 129 Å². The molecule has 0 saturated heterocycles. The Hall–Kier alpha value is -5.28. The molecule has 6 aromatic carbocycles. The lowest BCUT2D eigenvalue weighted by atomic mass is 9.81. The van der Waals surface area contributed by atoms with E-state index < -0.39 is 5.79 Å². The molecule has 9 rings (SSSR count). The van der Waals surface area contributed by atoms with E-state index in [2.05, 4.69) is 98.8 Å². The van der Waals surface area contributed by atoms with Gasteiger partial charge in [0, 0.05) is 38.4 Å². The minimum Gasteiger partial charge on any atom is -0.455 e. The average molecular weight is 557 g/mol. The Labute approximate surface area is 249 Å². The van der Waals surface area contributed by atoms with Gasteiger partial charge in [-0.05, 0) is 40.5 Å². The van der Waals surface area contributed by atoms with Crippen LogP contribution in [-0.2, 0) is 11.2 Å². The smallest absolute Gasteiger partial charge is 0.305 e. The highest BCUT2D eigenvalue weighted by molar-refractivity contribution is 6.09. The fourth-order valence-corrected chi connectivity index (χ4v) is 7.20. The third-order valence-corrected chi connectivity index (χ3v) is 9.25. The van der Waals surface area contributed by atoms with Gasteiger partial charge in [0.25, 0.3) is 0 Å². The second-order valence-electron chi connectivity index (χ2n) is 12.0. The van der Waals surface area contributed by atoms with Crippen molar-refractivity contribution in [2.24, 2.45) is 0 Å². The van der Waals surface area contributed by atoms with Crippen molar-refractivity contribution in [2.75, 3.05) is 0 Å². The molecule has 3 nitrogen and oxygen atoms in total. The first-order valence-electron chi connectivity index (χ1n) is 14.8. The molecule has 0 amide bonds. The van der Waals surface area contributed by atoms with Gasteiger partial charge < -0.3 is 13.9 Å². The van der Waals surface area contributed by atoms with Crippen LogP contribution in [0.25, 0.3) is 44.2 Å². The number of ether oxygens (including phenoxy) is 2. The van der Waals surface area contributed by atoms with Crippen molar-refractivity contribution in [3.8, 4) is 33.8 Å². The summed E-state index contributed by atoms with van der Waals surface area (Å²) >= 11 is 0. The van der Waals surface area contributed by atoms with Crippen molar-refractivity contribution in [3.63, 3.8) is 0 Å². The molecule has 2 aliphatic rings. The fourth-order valence-electron chi connectivity index (χ4n) is 7.20. The summed E-state index contributed by atoms with van der Waals surface area (Å²) < 4.78 is 20.3. The highest BCUT2D eigenvalue weighted by atomic mass is 16.7. The van der Waals surface area contributed by atoms with E-state index in [-0.39, 0.29) is 5.41 Å². The largest absolute Gasteiger partial charge is 0.455 e. The van der Waals surface area contributed by atoms with Crippen molar-refractivity contribution >= 4 is 21.9 Å². The highest BCUT2D eigenvalue weighted by Gasteiger charge is 2.50. The standard InChI is InChI=1S/C40H28O3/c1-39(2)33-24-25(28-17-11-18-32-30-16-9-10-19-34(30)41-37(28)32)20-21-29(33)31-22-23-35-38(36(31)39)43-40(42-35,26-12-5-3-6-13-26)27-14-7-4-8-15-27/h3-24H,1-2H3. The Morgan fingerprint density at radius 1 is 0.535 bits per heavy atom. The molecule has 206 valence electrons. The highest BCUT2D eigenvalue weighted by Crippen LogP contribution is 2.59. The molecule has 2 heterocycles. The van der Waals surface area contributed by atoms with Crippen molar-refractivity contribution in [3.05, 3.63) is 156 Å². The lowest BCUT2D eigenvalue weighted by Crippen LogP contribution is -2.37. The van der Waals surface area contributed by atoms with Crippen LogP contribution in [0, 0.1) is 0 Å². The molecule has 1 aromatic heterocycles. The van der Waals surface area contributed by atoms with E-state index in [0.717, 1.165) is 61.3 Å². The number of hydrogen-bond donors (Lipinski definition) is 0. The van der Waals surface area contributed by atoms with Crippen LogP contribution < -0.4 is 9.47 Å². The molecule has 0 saturated carbocycles. The summed E-state index contributed by atoms with van der Waals surface area (Å²) in [5.74, 6) is 0.513. The molecule has 0 fully saturated rings. The Morgan fingerprint density at radius 3 is 1.98 bits per heavy atom. The molecule has 0 N–H and O–H groups in total. The molecule has 0 atom stereocenters. The van der Waals surface area contributed by atoms with Crippen LogP contribution in [0.3, 0.4) is 0 Å². The van der Waals surface area contributed by atoms with E-state index in [1.54, 1.807) is 0 Å². The van der Waals surface area contributed by atoms with E-state index in [0.29, 0.717) is 0 Å². The van der Waals surface area contributed by atoms with Crippen molar-refractivity contribution in [1.82, 2.24) is 0 Å². The van der Waals surface area contributed by atoms with Gasteiger partial charge in [-0.3, -0.25) is 0 Å². The normalized spacial score (nSPS) is 15.5. The summed E-state index contributed by atoms with van der Waals surface area (Å²) in [5, 5.41) is 2.28. The van der Waals surface area contributed by atoms with E-state index in [1.807, 2.05) is 48.5 Å². The quantitative estimate of drug-likeness (QED) is 0.217. The van der Waals surface area contributed by atoms with Crippen LogP contribution in [0.15, 0.2) is 138 Å². The van der Waals surface area contributed by atoms with Gasteiger partial charge in [0.15, 0.2) is 11.5 Å². The number of rotatable bonds is 3. The van der Waals surface area contributed by atoms with Crippen LogP contribution in [0.4, 0.5) is 0 Å². The fraction of sp³-hybridized carbons (Fsp3) is 0.100. The summed E-state index contributed by atoms with van der Waals surface area (Å²) in [6.07, 6.45) is 0. The molecule has 7 aromatic rings. The second kappa shape index (κ2) is 8.62. The topological polar surface area (TPSA) is 31.6 Å². The number of fused-ring (bicyclic) bond motifs is 8. The molecule has 3 heteroatoms. The molecule has 0 spiro atoms. The van der Waals surface area contributed by atoms with Gasteiger partial charge in [0.1, 0.15) is 11.2 Å². The third kappa shape index (κ3) is 3.31. The molecular formula is C40H28O3. The van der Waals surface area contributed by atoms with Crippen LogP contribution in [-0.4, -0.2) is 0 Å². The molecule has 43 heavy (non-hydrogen) atoms. The maximum atomic E-state index is 7.05. The first-order valence-corrected chi connectivity index (χ1v) is 14.8. The lowest BCUT2D eigenvalue weighted by Gasteiger charge is -2.29. The number of benzene rings is 6. The lowest BCUT2D eigenvalue weighted by molar-refractivity contribution is -0.0464. The van der Waals surface area contributed by atoms with Gasteiger partial charge in [-0.2, -0.15) is 0 Å². The number of furan rings is 1. The van der Waals surface area contributed by atoms with Gasteiger partial charge in [0.05, 0.1) is 0 Å². The summed E-state index contributed by atoms with van der Waals surface area (Å²) in [6, 6.07) is 46.2. The molecule has 1 aliphatic carbocycles. The van der Waals surface area contributed by atoms with Gasteiger partial charge >= 0.3 is 5.79 Å². The molecule has 1 aliphatic heterocycles. The monoisotopic (exact) mass is 556 g/mol. The number of para-hydroxylation sites is 2.